The first-order chi connectivity index (χ1) is 37.5. The lowest BCUT2D eigenvalue weighted by molar-refractivity contribution is -0.154. The Bertz CT molecular complexity index is 3340. The van der Waals surface area contributed by atoms with E-state index in [9.17, 15) is 28.2 Å². The van der Waals surface area contributed by atoms with E-state index < -0.39 is 69.1 Å². The number of esters is 1. The average molecular weight is 1090 g/mol. The fourth-order valence-electron chi connectivity index (χ4n) is 9.24. The lowest BCUT2D eigenvalue weighted by Gasteiger charge is -2.49. The zero-order valence-corrected chi connectivity index (χ0v) is 44.3. The average Bonchev–Trinajstić information content (AvgIpc) is 3.96. The van der Waals surface area contributed by atoms with Crippen LogP contribution in [0.15, 0.2) is 189 Å². The van der Waals surface area contributed by atoms with Crippen LogP contribution in [0.2, 0.25) is 0 Å². The molecule has 3 unspecified atom stereocenters. The fraction of sp³-hybridized carbons (Fsp3) is 0.214. The number of carbonyl (C=O) groups is 3. The van der Waals surface area contributed by atoms with Crippen LogP contribution in [-0.2, 0) is 56.3 Å². The number of amides is 2. The number of hydrogen-bond acceptors (Lipinski definition) is 16. The Kier molecular flexibility index (Phi) is 16.9. The highest BCUT2D eigenvalue weighted by Crippen LogP contribution is 2.42. The van der Waals surface area contributed by atoms with Gasteiger partial charge >= 0.3 is 17.1 Å². The molecule has 18 nitrogen and oxygen atoms in total. The number of ether oxygens (including phenoxy) is 3. The number of benzene rings is 5. The maximum Gasteiger partial charge on any atom is 0.356 e. The first kappa shape index (κ1) is 53.7. The number of aromatic nitrogens is 4. The quantitative estimate of drug-likeness (QED) is 0.00881. The predicted molar refractivity (Wildman–Crippen MR) is 295 cm³/mol. The summed E-state index contributed by atoms with van der Waals surface area (Å²) in [7, 11) is -0.743. The number of fused-ring (bicyclic) bond motifs is 1. The SMILES string of the molecule is CCOC(Cn1c(C(S)=CC2=C(C(=O)OC(c3ccccc3)c3ccccc3)N3C(=O)C(NC(=O)C(=NOC)c4csc(NC(c5ccccc5)(c5ccccc5)c5ccccc5)n4)C3S(=O)C2)n[nH]c(=O)c1=O)OCC. The monoisotopic (exact) mass is 1090 g/mol. The summed E-state index contributed by atoms with van der Waals surface area (Å²) in [5.41, 5.74) is 0.583. The molecule has 1 fully saturated rings. The predicted octanol–water partition coefficient (Wildman–Crippen LogP) is 6.51. The summed E-state index contributed by atoms with van der Waals surface area (Å²) in [6.07, 6.45) is -0.599. The second-order valence-corrected chi connectivity index (χ2v) is 20.2. The molecule has 3 N–H and O–H groups in total. The molecule has 0 saturated carbocycles. The number of β-lactam (4-membered cyclic amide) rings is 1. The minimum absolute atomic E-state index is 0.0208. The molecule has 4 heterocycles. The summed E-state index contributed by atoms with van der Waals surface area (Å²) in [4.78, 5) is 81.1. The largest absolute Gasteiger partial charge is 0.448 e. The van der Waals surface area contributed by atoms with Gasteiger partial charge in [0.25, 0.3) is 11.8 Å². The Hall–Kier alpha value is -8.08. The minimum Gasteiger partial charge on any atom is -0.448 e. The third-order valence-electron chi connectivity index (χ3n) is 12.7. The summed E-state index contributed by atoms with van der Waals surface area (Å²) in [5.74, 6) is -3.16. The van der Waals surface area contributed by atoms with Gasteiger partial charge in [-0.05, 0) is 53.3 Å². The highest BCUT2D eigenvalue weighted by Gasteiger charge is 2.58. The number of hydrogen-bond donors (Lipinski definition) is 4. The molecule has 0 spiro atoms. The molecular weight excluding hydrogens is 1040 g/mol. The molecule has 9 rings (SSSR count). The van der Waals surface area contributed by atoms with Crippen molar-refractivity contribution in [1.82, 2.24) is 30.0 Å². The standard InChI is InChI=1S/C56H52N8O10S3/c1-4-72-43(73-5-2)32-63-48(60-61-50(66)52(63)68)42(75)31-37-34-77(70)53-45(51(67)64(53)46(37)54(69)74-47(35-21-11-6-12-22-35)36-23-13-7-14-24-36)58-49(65)44(62-71-3)41-33-76-55(57-41)59-56(38-25-15-8-16-26-38,39-27-17-9-18-28-39)40-29-19-10-20-30-40/h6-31,33,43,45,47,53,75H,4-5,32,34H2,1-3H3,(H,57,59)(H,58,65)(H,61,66). The van der Waals surface area contributed by atoms with E-state index in [4.69, 9.17) is 36.7 Å². The summed E-state index contributed by atoms with van der Waals surface area (Å²) in [6.45, 7) is 3.66. The van der Waals surface area contributed by atoms with Gasteiger partial charge < -0.3 is 29.7 Å². The third kappa shape index (κ3) is 11.3. The molecule has 2 aliphatic rings. The molecule has 21 heteroatoms. The van der Waals surface area contributed by atoms with E-state index in [-0.39, 0.29) is 58.9 Å². The third-order valence-corrected chi connectivity index (χ3v) is 15.4. The number of H-pyrrole nitrogens is 1. The van der Waals surface area contributed by atoms with Crippen LogP contribution >= 0.6 is 24.0 Å². The Morgan fingerprint density at radius 2 is 1.38 bits per heavy atom. The van der Waals surface area contributed by atoms with E-state index in [1.54, 1.807) is 67.8 Å². The number of aromatic amines is 1. The zero-order chi connectivity index (χ0) is 54.1. The minimum atomic E-state index is -2.01. The molecule has 1 saturated heterocycles. The normalized spacial score (nSPS) is 16.7. The first-order valence-electron chi connectivity index (χ1n) is 24.4. The molecule has 2 aliphatic heterocycles. The summed E-state index contributed by atoms with van der Waals surface area (Å²) < 4.78 is 33.2. The zero-order valence-electron chi connectivity index (χ0n) is 41.8. The topological polar surface area (TPSA) is 225 Å². The van der Waals surface area contributed by atoms with Crippen molar-refractivity contribution in [2.75, 3.05) is 31.4 Å². The van der Waals surface area contributed by atoms with E-state index in [0.29, 0.717) is 16.3 Å². The van der Waals surface area contributed by atoms with E-state index in [1.165, 1.54) is 24.5 Å². The van der Waals surface area contributed by atoms with E-state index in [0.717, 1.165) is 26.2 Å². The number of thiol groups is 1. The van der Waals surface area contributed by atoms with Gasteiger partial charge in [-0.2, -0.15) is 5.10 Å². The van der Waals surface area contributed by atoms with Gasteiger partial charge in [0.05, 0.1) is 23.1 Å². The van der Waals surface area contributed by atoms with Crippen LogP contribution < -0.4 is 21.8 Å². The van der Waals surface area contributed by atoms with Crippen LogP contribution in [0.3, 0.4) is 0 Å². The fourth-order valence-corrected chi connectivity index (χ4v) is 11.9. The van der Waals surface area contributed by atoms with Crippen molar-refractivity contribution in [2.24, 2.45) is 5.16 Å². The molecule has 77 heavy (non-hydrogen) atoms. The smallest absolute Gasteiger partial charge is 0.356 e. The molecule has 0 radical (unpaired) electrons. The number of nitrogens with one attached hydrogen (secondary N) is 3. The van der Waals surface area contributed by atoms with Crippen molar-refractivity contribution in [3.63, 3.8) is 0 Å². The Labute approximate surface area is 454 Å². The number of allylic oxidation sites excluding steroid dienone is 1. The van der Waals surface area contributed by atoms with Crippen molar-refractivity contribution in [2.45, 2.75) is 49.7 Å². The molecular formula is C56H52N8O10S3. The Balaban J connectivity index is 1.06. The van der Waals surface area contributed by atoms with Gasteiger partial charge in [0.2, 0.25) is 0 Å². The number of rotatable bonds is 21. The van der Waals surface area contributed by atoms with Gasteiger partial charge in [0.1, 0.15) is 35.5 Å². The highest BCUT2D eigenvalue weighted by molar-refractivity contribution is 7.90. The van der Waals surface area contributed by atoms with Crippen molar-refractivity contribution in [1.29, 1.82) is 0 Å². The van der Waals surface area contributed by atoms with Crippen molar-refractivity contribution >= 4 is 68.3 Å². The number of thiazole rings is 1. The Morgan fingerprint density at radius 3 is 1.90 bits per heavy atom. The van der Waals surface area contributed by atoms with Gasteiger partial charge in [-0.1, -0.05) is 157 Å². The van der Waals surface area contributed by atoms with Crippen LogP contribution in [0.5, 0.6) is 0 Å². The van der Waals surface area contributed by atoms with E-state index >= 15 is 0 Å². The van der Waals surface area contributed by atoms with Gasteiger partial charge in [-0.15, -0.1) is 24.0 Å². The lowest BCUT2D eigenvalue weighted by atomic mass is 9.77. The maximum absolute atomic E-state index is 14.9. The number of carbonyl (C=O) groups excluding carboxylic acids is 3. The molecule has 0 bridgehead atoms. The molecule has 3 atom stereocenters. The maximum atomic E-state index is 14.9. The van der Waals surface area contributed by atoms with E-state index in [2.05, 4.69) is 26.0 Å². The summed E-state index contributed by atoms with van der Waals surface area (Å²) >= 11 is 5.92. The Morgan fingerprint density at radius 1 is 0.844 bits per heavy atom. The van der Waals surface area contributed by atoms with Crippen LogP contribution in [0, 0.1) is 0 Å². The van der Waals surface area contributed by atoms with Crippen LogP contribution in [-0.4, -0.2) is 96.1 Å². The molecule has 2 aromatic heterocycles. The summed E-state index contributed by atoms with van der Waals surface area (Å²) in [6, 6.07) is 46.2. The van der Waals surface area contributed by atoms with Crippen LogP contribution in [0.4, 0.5) is 5.13 Å². The molecule has 2 amide bonds. The van der Waals surface area contributed by atoms with Crippen molar-refractivity contribution in [3.8, 4) is 0 Å². The van der Waals surface area contributed by atoms with Gasteiger partial charge in [-0.25, -0.2) is 14.9 Å². The van der Waals surface area contributed by atoms with Gasteiger partial charge in [-0.3, -0.25) is 32.9 Å². The van der Waals surface area contributed by atoms with E-state index in [1.807, 2.05) is 103 Å². The van der Waals surface area contributed by atoms with Crippen molar-refractivity contribution < 1.29 is 37.6 Å². The van der Waals surface area contributed by atoms with Gasteiger partial charge in [0, 0.05) is 23.5 Å². The lowest BCUT2D eigenvalue weighted by Crippen LogP contribution is -2.74. The second kappa shape index (κ2) is 24.3. The van der Waals surface area contributed by atoms with Crippen LogP contribution in [0.25, 0.3) is 4.91 Å². The molecule has 394 valence electrons. The first-order valence-corrected chi connectivity index (χ1v) is 27.1. The van der Waals surface area contributed by atoms with Crippen LogP contribution in [0.1, 0.15) is 59.3 Å². The highest BCUT2D eigenvalue weighted by atomic mass is 32.2. The van der Waals surface area contributed by atoms with Gasteiger partial charge in [0.15, 0.2) is 29.1 Å². The molecule has 7 aromatic rings. The number of nitrogens with zero attached hydrogens (tertiary/aromatic N) is 5. The second-order valence-electron chi connectivity index (χ2n) is 17.4. The number of anilines is 1. The summed E-state index contributed by atoms with van der Waals surface area (Å²) in [5, 5.41) is 17.5. The number of oxime groups is 1. The molecule has 0 aliphatic carbocycles. The molecule has 5 aromatic carbocycles. The van der Waals surface area contributed by atoms with Crippen molar-refractivity contribution in [3.05, 3.63) is 234 Å².